The van der Waals surface area contributed by atoms with E-state index in [1.807, 2.05) is 13.1 Å². The lowest BCUT2D eigenvalue weighted by atomic mass is 10.1. The number of pyridine rings is 1. The number of nitrogens with one attached hydrogen (secondary N) is 2. The number of anilines is 4. The predicted octanol–water partition coefficient (Wildman–Crippen LogP) is 5.59. The van der Waals surface area contributed by atoms with Gasteiger partial charge in [0.2, 0.25) is 0 Å². The van der Waals surface area contributed by atoms with Crippen LogP contribution in [0.15, 0.2) is 66.7 Å². The molecule has 0 atom stereocenters. The molecule has 2 aromatic carbocycles. The minimum atomic E-state index is 0.798. The molecule has 2 N–H and O–H groups in total. The molecular weight excluding hydrogens is 392 g/mol. The molecule has 5 nitrogen and oxygen atoms in total. The number of rotatable bonds is 5. The lowest BCUT2D eigenvalue weighted by Crippen LogP contribution is -2.36. The smallest absolute Gasteiger partial charge is 0.132 e. The third-order valence-corrected chi connectivity index (χ3v) is 6.45. The summed E-state index contributed by atoms with van der Waals surface area (Å²) in [6, 6.07) is 23.4. The number of ether oxygens (including phenoxy) is 1. The van der Waals surface area contributed by atoms with Crippen LogP contribution in [0.3, 0.4) is 0 Å². The van der Waals surface area contributed by atoms with Crippen LogP contribution < -0.4 is 15.5 Å². The molecule has 1 saturated heterocycles. The van der Waals surface area contributed by atoms with Crippen LogP contribution >= 0.6 is 11.3 Å². The highest BCUT2D eigenvalue weighted by atomic mass is 32.1. The highest BCUT2D eigenvalue weighted by molar-refractivity contribution is 7.21. The Morgan fingerprint density at radius 1 is 0.900 bits per heavy atom. The topological polar surface area (TPSA) is 49.4 Å². The summed E-state index contributed by atoms with van der Waals surface area (Å²) < 4.78 is 5.44. The molecule has 6 heteroatoms. The zero-order valence-electron chi connectivity index (χ0n) is 16.9. The van der Waals surface area contributed by atoms with Crippen molar-refractivity contribution in [1.29, 1.82) is 0 Å². The summed E-state index contributed by atoms with van der Waals surface area (Å²) in [6.07, 6.45) is 0. The van der Waals surface area contributed by atoms with Gasteiger partial charge in [0.15, 0.2) is 0 Å². The first kappa shape index (κ1) is 18.9. The average molecular weight is 417 g/mol. The van der Waals surface area contributed by atoms with Crippen molar-refractivity contribution in [2.45, 2.75) is 0 Å². The van der Waals surface area contributed by atoms with Crippen LogP contribution in [-0.2, 0) is 4.74 Å². The first-order valence-corrected chi connectivity index (χ1v) is 11.0. The Balaban J connectivity index is 1.33. The molecule has 152 valence electrons. The maximum atomic E-state index is 5.44. The zero-order chi connectivity index (χ0) is 20.3. The second-order valence-electron chi connectivity index (χ2n) is 7.30. The van der Waals surface area contributed by atoms with Crippen molar-refractivity contribution in [3.8, 4) is 10.4 Å². The van der Waals surface area contributed by atoms with Crippen molar-refractivity contribution in [2.75, 3.05) is 48.9 Å². The minimum Gasteiger partial charge on any atom is -0.388 e. The number of aromatic nitrogens is 1. The van der Waals surface area contributed by atoms with E-state index in [-0.39, 0.29) is 0 Å². The van der Waals surface area contributed by atoms with E-state index in [0.29, 0.717) is 0 Å². The van der Waals surface area contributed by atoms with Gasteiger partial charge in [0.1, 0.15) is 10.6 Å². The van der Waals surface area contributed by atoms with Gasteiger partial charge in [-0.2, -0.15) is 0 Å². The fourth-order valence-corrected chi connectivity index (χ4v) is 4.69. The van der Waals surface area contributed by atoms with E-state index < -0.39 is 0 Å². The molecule has 0 radical (unpaired) electrons. The highest BCUT2D eigenvalue weighted by Crippen LogP contribution is 2.34. The molecule has 0 unspecified atom stereocenters. The van der Waals surface area contributed by atoms with Gasteiger partial charge >= 0.3 is 0 Å². The van der Waals surface area contributed by atoms with Crippen molar-refractivity contribution in [1.82, 2.24) is 4.98 Å². The van der Waals surface area contributed by atoms with Crippen LogP contribution in [0.5, 0.6) is 0 Å². The molecule has 0 bridgehead atoms. The highest BCUT2D eigenvalue weighted by Gasteiger charge is 2.11. The normalized spacial score (nSPS) is 14.1. The Morgan fingerprint density at radius 3 is 2.37 bits per heavy atom. The molecule has 1 aliphatic heterocycles. The fraction of sp³-hybridized carbons (Fsp3) is 0.208. The van der Waals surface area contributed by atoms with Gasteiger partial charge in [-0.25, -0.2) is 4.98 Å². The minimum absolute atomic E-state index is 0.798. The summed E-state index contributed by atoms with van der Waals surface area (Å²) in [6.45, 7) is 3.49. The maximum absolute atomic E-state index is 5.44. The molecule has 0 aliphatic carbocycles. The fourth-order valence-electron chi connectivity index (χ4n) is 3.66. The molecule has 0 spiro atoms. The van der Waals surface area contributed by atoms with E-state index in [2.05, 4.69) is 76.2 Å². The summed E-state index contributed by atoms with van der Waals surface area (Å²) in [7, 11) is 1.93. The van der Waals surface area contributed by atoms with Gasteiger partial charge in [-0.3, -0.25) is 0 Å². The van der Waals surface area contributed by atoms with Gasteiger partial charge in [-0.05, 0) is 60.2 Å². The van der Waals surface area contributed by atoms with Crippen LogP contribution in [0.25, 0.3) is 20.7 Å². The quantitative estimate of drug-likeness (QED) is 0.444. The van der Waals surface area contributed by atoms with Crippen LogP contribution in [0, 0.1) is 0 Å². The number of nitrogens with zero attached hydrogens (tertiary/aromatic N) is 2. The number of thiophene rings is 1. The van der Waals surface area contributed by atoms with E-state index >= 15 is 0 Å². The molecule has 1 fully saturated rings. The lowest BCUT2D eigenvalue weighted by molar-refractivity contribution is 0.122. The van der Waals surface area contributed by atoms with Crippen molar-refractivity contribution in [2.24, 2.45) is 0 Å². The molecule has 2 aromatic heterocycles. The third-order valence-electron chi connectivity index (χ3n) is 5.36. The molecule has 4 aromatic rings. The Bertz CT molecular complexity index is 1130. The number of hydrogen-bond acceptors (Lipinski definition) is 6. The van der Waals surface area contributed by atoms with Crippen LogP contribution in [0.2, 0.25) is 0 Å². The Kier molecular flexibility index (Phi) is 5.26. The van der Waals surface area contributed by atoms with E-state index in [4.69, 9.17) is 9.72 Å². The maximum Gasteiger partial charge on any atom is 0.132 e. The largest absolute Gasteiger partial charge is 0.388 e. The number of hydrogen-bond donors (Lipinski definition) is 2. The monoisotopic (exact) mass is 416 g/mol. The van der Waals surface area contributed by atoms with Gasteiger partial charge < -0.3 is 20.3 Å². The summed E-state index contributed by atoms with van der Waals surface area (Å²) in [5.41, 5.74) is 4.60. The molecule has 5 rings (SSSR count). The molecule has 1 aliphatic rings. The van der Waals surface area contributed by atoms with Crippen LogP contribution in [0.4, 0.5) is 22.9 Å². The second kappa shape index (κ2) is 8.34. The molecular formula is C24H24N4OS. The van der Waals surface area contributed by atoms with E-state index in [0.717, 1.165) is 48.3 Å². The lowest BCUT2D eigenvalue weighted by Gasteiger charge is -2.28. The SMILES string of the molecule is CNc1ccc(-c2cc3ccc(Nc4ccc(N5CCOCC5)cc4)nc3s2)cc1. The van der Waals surface area contributed by atoms with E-state index in [9.17, 15) is 0 Å². The van der Waals surface area contributed by atoms with Gasteiger partial charge in [0.05, 0.1) is 13.2 Å². The van der Waals surface area contributed by atoms with Gasteiger partial charge in [0, 0.05) is 47.5 Å². The van der Waals surface area contributed by atoms with Crippen molar-refractivity contribution in [3.63, 3.8) is 0 Å². The molecule has 30 heavy (non-hydrogen) atoms. The summed E-state index contributed by atoms with van der Waals surface area (Å²) >= 11 is 1.72. The summed E-state index contributed by atoms with van der Waals surface area (Å²) in [4.78, 5) is 9.45. The van der Waals surface area contributed by atoms with Gasteiger partial charge in [-0.15, -0.1) is 11.3 Å². The third kappa shape index (κ3) is 3.97. The molecule has 3 heterocycles. The first-order valence-electron chi connectivity index (χ1n) is 10.2. The first-order chi connectivity index (χ1) is 14.8. The molecule has 0 saturated carbocycles. The Hall–Kier alpha value is -3.09. The Morgan fingerprint density at radius 2 is 1.63 bits per heavy atom. The average Bonchev–Trinajstić information content (AvgIpc) is 3.24. The molecule has 0 amide bonds. The number of fused-ring (bicyclic) bond motifs is 1. The van der Waals surface area contributed by atoms with E-state index in [1.54, 1.807) is 11.3 Å². The van der Waals surface area contributed by atoms with Crippen LogP contribution in [-0.4, -0.2) is 38.3 Å². The van der Waals surface area contributed by atoms with Crippen molar-refractivity contribution in [3.05, 3.63) is 66.7 Å². The summed E-state index contributed by atoms with van der Waals surface area (Å²) in [5, 5.41) is 7.76. The predicted molar refractivity (Wildman–Crippen MR) is 127 cm³/mol. The number of benzene rings is 2. The second-order valence-corrected chi connectivity index (χ2v) is 8.33. The van der Waals surface area contributed by atoms with Gasteiger partial charge in [-0.1, -0.05) is 12.1 Å². The van der Waals surface area contributed by atoms with E-state index in [1.165, 1.54) is 21.5 Å². The Labute approximate surface area is 180 Å². The van der Waals surface area contributed by atoms with Crippen molar-refractivity contribution < 1.29 is 4.74 Å². The van der Waals surface area contributed by atoms with Crippen molar-refractivity contribution >= 4 is 44.4 Å². The van der Waals surface area contributed by atoms with Gasteiger partial charge in [0.25, 0.3) is 0 Å². The standard InChI is InChI=1S/C24H24N4OS/c1-25-19-5-2-17(3-6-19)22-16-18-4-11-23(27-24(18)30-22)26-20-7-9-21(10-8-20)28-12-14-29-15-13-28/h2-11,16,25H,12-15H2,1H3,(H,26,27). The summed E-state index contributed by atoms with van der Waals surface area (Å²) in [5.74, 6) is 0.862. The zero-order valence-corrected chi connectivity index (χ0v) is 17.7. The number of morpholine rings is 1. The van der Waals surface area contributed by atoms with Crippen LogP contribution in [0.1, 0.15) is 0 Å².